The first-order valence-electron chi connectivity index (χ1n) is 4.27. The number of methoxy groups -OCH3 is 2. The van der Waals surface area contributed by atoms with Crippen LogP contribution in [0.25, 0.3) is 0 Å². The van der Waals surface area contributed by atoms with E-state index in [1.807, 2.05) is 18.2 Å². The van der Waals surface area contributed by atoms with E-state index < -0.39 is 0 Å². The molecule has 4 heteroatoms. The van der Waals surface area contributed by atoms with Crippen LogP contribution in [0.5, 0.6) is 5.75 Å². The number of rotatable bonds is 4. The van der Waals surface area contributed by atoms with Gasteiger partial charge in [-0.3, -0.25) is 0 Å². The molecule has 1 unspecified atom stereocenters. The van der Waals surface area contributed by atoms with Crippen LogP contribution in [0, 0.1) is 0 Å². The quantitative estimate of drug-likeness (QED) is 0.901. The van der Waals surface area contributed by atoms with Gasteiger partial charge in [-0.25, -0.2) is 0 Å². The van der Waals surface area contributed by atoms with Gasteiger partial charge in [0.05, 0.1) is 19.8 Å². The number of hydrogen-bond donors (Lipinski definition) is 1. The molecule has 0 aliphatic carbocycles. The fourth-order valence-electron chi connectivity index (χ4n) is 1.26. The molecule has 0 saturated heterocycles. The van der Waals surface area contributed by atoms with Gasteiger partial charge in [0.1, 0.15) is 5.75 Å². The van der Waals surface area contributed by atoms with Crippen molar-refractivity contribution < 1.29 is 9.47 Å². The smallest absolute Gasteiger partial charge is 0.124 e. The fraction of sp³-hybridized carbons (Fsp3) is 0.400. The molecule has 0 bridgehead atoms. The first-order valence-corrected chi connectivity index (χ1v) is 5.06. The summed E-state index contributed by atoms with van der Waals surface area (Å²) < 4.78 is 11.2. The van der Waals surface area contributed by atoms with Crippen LogP contribution in [0.4, 0.5) is 0 Å². The van der Waals surface area contributed by atoms with Gasteiger partial charge in [0.2, 0.25) is 0 Å². The molecule has 2 N–H and O–H groups in total. The number of hydrogen-bond acceptors (Lipinski definition) is 3. The lowest BCUT2D eigenvalue weighted by Gasteiger charge is -2.14. The van der Waals surface area contributed by atoms with Crippen LogP contribution in [0.2, 0.25) is 0 Å². The summed E-state index contributed by atoms with van der Waals surface area (Å²) in [7, 11) is 3.26. The Bertz CT molecular complexity index is 304. The summed E-state index contributed by atoms with van der Waals surface area (Å²) in [5.41, 5.74) is 6.87. The number of nitrogens with two attached hydrogens (primary N) is 1. The van der Waals surface area contributed by atoms with Crippen molar-refractivity contribution >= 4 is 15.9 Å². The molecule has 0 radical (unpaired) electrons. The third-order valence-corrected chi connectivity index (χ3v) is 2.43. The molecule has 1 rings (SSSR count). The van der Waals surface area contributed by atoms with E-state index in [2.05, 4.69) is 15.9 Å². The summed E-state index contributed by atoms with van der Waals surface area (Å²) in [5, 5.41) is 0. The van der Waals surface area contributed by atoms with Crippen molar-refractivity contribution in [3.63, 3.8) is 0 Å². The maximum atomic E-state index is 5.91. The summed E-state index contributed by atoms with van der Waals surface area (Å²) >= 11 is 3.37. The molecule has 1 atom stereocenters. The van der Waals surface area contributed by atoms with Gasteiger partial charge in [0.15, 0.2) is 0 Å². The predicted molar refractivity (Wildman–Crippen MR) is 59.5 cm³/mol. The second-order valence-corrected chi connectivity index (χ2v) is 3.86. The van der Waals surface area contributed by atoms with Gasteiger partial charge in [-0.2, -0.15) is 0 Å². The zero-order chi connectivity index (χ0) is 10.6. The van der Waals surface area contributed by atoms with Crippen molar-refractivity contribution in [3.05, 3.63) is 28.2 Å². The average Bonchev–Trinajstić information content (AvgIpc) is 2.17. The van der Waals surface area contributed by atoms with Gasteiger partial charge in [-0.1, -0.05) is 22.0 Å². The Kier molecular flexibility index (Phi) is 4.38. The molecule has 0 saturated carbocycles. The number of benzene rings is 1. The molecule has 0 aromatic heterocycles. The third kappa shape index (κ3) is 2.70. The lowest BCUT2D eigenvalue weighted by molar-refractivity contribution is 0.179. The predicted octanol–water partition coefficient (Wildman–Crippen LogP) is 2.10. The Morgan fingerprint density at radius 2 is 2.14 bits per heavy atom. The minimum Gasteiger partial charge on any atom is -0.496 e. The number of ether oxygens (including phenoxy) is 2. The maximum absolute atomic E-state index is 5.91. The van der Waals surface area contributed by atoms with E-state index in [1.165, 1.54) is 0 Å². The highest BCUT2D eigenvalue weighted by molar-refractivity contribution is 9.10. The summed E-state index contributed by atoms with van der Waals surface area (Å²) in [6.45, 7) is 0.484. The van der Waals surface area contributed by atoms with Crippen LogP contribution in [0.1, 0.15) is 11.6 Å². The topological polar surface area (TPSA) is 44.5 Å². The van der Waals surface area contributed by atoms with Crippen LogP contribution in [-0.2, 0) is 4.74 Å². The molecule has 1 aromatic rings. The highest BCUT2D eigenvalue weighted by atomic mass is 79.9. The van der Waals surface area contributed by atoms with Gasteiger partial charge < -0.3 is 15.2 Å². The normalized spacial score (nSPS) is 12.6. The van der Waals surface area contributed by atoms with Crippen LogP contribution >= 0.6 is 15.9 Å². The van der Waals surface area contributed by atoms with E-state index >= 15 is 0 Å². The largest absolute Gasteiger partial charge is 0.496 e. The highest BCUT2D eigenvalue weighted by Gasteiger charge is 2.11. The van der Waals surface area contributed by atoms with Crippen molar-refractivity contribution in [3.8, 4) is 5.75 Å². The van der Waals surface area contributed by atoms with Crippen molar-refractivity contribution in [1.82, 2.24) is 0 Å². The molecule has 0 spiro atoms. The van der Waals surface area contributed by atoms with Gasteiger partial charge >= 0.3 is 0 Å². The summed E-state index contributed by atoms with van der Waals surface area (Å²) in [6, 6.07) is 5.62. The molecule has 14 heavy (non-hydrogen) atoms. The zero-order valence-corrected chi connectivity index (χ0v) is 9.87. The van der Waals surface area contributed by atoms with Gasteiger partial charge in [0, 0.05) is 17.1 Å². The monoisotopic (exact) mass is 259 g/mol. The number of halogens is 1. The second-order valence-electron chi connectivity index (χ2n) is 2.95. The molecular weight excluding hydrogens is 246 g/mol. The first-order chi connectivity index (χ1) is 6.69. The SMILES string of the molecule is COCC(N)c1ccc(Br)cc1OC. The molecule has 0 fully saturated rings. The van der Waals surface area contributed by atoms with E-state index in [9.17, 15) is 0 Å². The Morgan fingerprint density at radius 1 is 1.43 bits per heavy atom. The molecule has 0 aliphatic heterocycles. The molecule has 3 nitrogen and oxygen atoms in total. The minimum absolute atomic E-state index is 0.150. The Labute approximate surface area is 92.3 Å². The summed E-state index contributed by atoms with van der Waals surface area (Å²) in [6.07, 6.45) is 0. The molecule has 0 heterocycles. The lowest BCUT2D eigenvalue weighted by atomic mass is 10.1. The minimum atomic E-state index is -0.150. The van der Waals surface area contributed by atoms with Crippen LogP contribution in [0.15, 0.2) is 22.7 Å². The van der Waals surface area contributed by atoms with Gasteiger partial charge in [0.25, 0.3) is 0 Å². The van der Waals surface area contributed by atoms with E-state index in [4.69, 9.17) is 15.2 Å². The van der Waals surface area contributed by atoms with Crippen LogP contribution < -0.4 is 10.5 Å². The lowest BCUT2D eigenvalue weighted by Crippen LogP contribution is -2.16. The average molecular weight is 260 g/mol. The van der Waals surface area contributed by atoms with Crippen molar-refractivity contribution in [2.45, 2.75) is 6.04 Å². The molecule has 1 aromatic carbocycles. The zero-order valence-electron chi connectivity index (χ0n) is 8.29. The standard InChI is InChI=1S/C10H14BrNO2/c1-13-6-9(12)8-4-3-7(11)5-10(8)14-2/h3-5,9H,6,12H2,1-2H3. The van der Waals surface area contributed by atoms with E-state index in [0.29, 0.717) is 6.61 Å². The van der Waals surface area contributed by atoms with Gasteiger partial charge in [-0.15, -0.1) is 0 Å². The van der Waals surface area contributed by atoms with Crippen molar-refractivity contribution in [2.24, 2.45) is 5.73 Å². The Hall–Kier alpha value is -0.580. The maximum Gasteiger partial charge on any atom is 0.124 e. The Balaban J connectivity index is 2.95. The van der Waals surface area contributed by atoms with E-state index in [1.54, 1.807) is 14.2 Å². The fourth-order valence-corrected chi connectivity index (χ4v) is 1.60. The second kappa shape index (κ2) is 5.34. The first kappa shape index (κ1) is 11.5. The van der Waals surface area contributed by atoms with Crippen molar-refractivity contribution in [1.29, 1.82) is 0 Å². The van der Waals surface area contributed by atoms with E-state index in [-0.39, 0.29) is 6.04 Å². The van der Waals surface area contributed by atoms with Crippen molar-refractivity contribution in [2.75, 3.05) is 20.8 Å². The molecule has 0 aliphatic rings. The summed E-state index contributed by atoms with van der Waals surface area (Å²) in [4.78, 5) is 0. The molecular formula is C10H14BrNO2. The third-order valence-electron chi connectivity index (χ3n) is 1.94. The van der Waals surface area contributed by atoms with E-state index in [0.717, 1.165) is 15.8 Å². The molecule has 0 amide bonds. The van der Waals surface area contributed by atoms with Crippen LogP contribution in [0.3, 0.4) is 0 Å². The summed E-state index contributed by atoms with van der Waals surface area (Å²) in [5.74, 6) is 0.781. The Morgan fingerprint density at radius 3 is 2.71 bits per heavy atom. The van der Waals surface area contributed by atoms with Gasteiger partial charge in [-0.05, 0) is 12.1 Å². The highest BCUT2D eigenvalue weighted by Crippen LogP contribution is 2.27. The van der Waals surface area contributed by atoms with Crippen LogP contribution in [-0.4, -0.2) is 20.8 Å². The molecule has 78 valence electrons.